The second-order valence-corrected chi connectivity index (χ2v) is 6.42. The predicted molar refractivity (Wildman–Crippen MR) is 111 cm³/mol. The normalized spacial score (nSPS) is 10.6. The number of ether oxygens (including phenoxy) is 1. The number of carbonyl (C=O) groups excluding carboxylic acids is 1. The maximum absolute atomic E-state index is 13.1. The molecule has 150 valence electrons. The third-order valence-electron chi connectivity index (χ3n) is 4.33. The van der Waals surface area contributed by atoms with E-state index in [9.17, 15) is 9.18 Å². The average molecular weight is 403 g/mol. The summed E-state index contributed by atoms with van der Waals surface area (Å²) in [6.45, 7) is 2.42. The molecule has 0 saturated heterocycles. The molecule has 30 heavy (non-hydrogen) atoms. The van der Waals surface area contributed by atoms with Crippen LogP contribution in [0, 0.1) is 5.82 Å². The Morgan fingerprint density at radius 3 is 2.50 bits per heavy atom. The molecule has 0 radical (unpaired) electrons. The minimum Gasteiger partial charge on any atom is -0.494 e. The lowest BCUT2D eigenvalue weighted by Crippen LogP contribution is -2.11. The number of amides is 1. The monoisotopic (exact) mass is 403 g/mol. The number of hydrogen-bond donors (Lipinski definition) is 1. The third kappa shape index (κ3) is 4.35. The Morgan fingerprint density at radius 2 is 1.77 bits per heavy atom. The first-order valence-corrected chi connectivity index (χ1v) is 9.36. The van der Waals surface area contributed by atoms with Gasteiger partial charge >= 0.3 is 0 Å². The van der Waals surface area contributed by atoms with Gasteiger partial charge in [0.15, 0.2) is 0 Å². The summed E-state index contributed by atoms with van der Waals surface area (Å²) >= 11 is 0. The van der Waals surface area contributed by atoms with Crippen LogP contribution < -0.4 is 10.1 Å². The van der Waals surface area contributed by atoms with Crippen LogP contribution in [0.15, 0.2) is 77.3 Å². The van der Waals surface area contributed by atoms with Gasteiger partial charge in [0.05, 0.1) is 6.61 Å². The van der Waals surface area contributed by atoms with E-state index in [-0.39, 0.29) is 11.7 Å². The average Bonchev–Trinajstić information content (AvgIpc) is 3.25. The van der Waals surface area contributed by atoms with Crippen molar-refractivity contribution in [1.82, 2.24) is 10.1 Å². The van der Waals surface area contributed by atoms with E-state index in [0.29, 0.717) is 46.4 Å². The van der Waals surface area contributed by atoms with Crippen LogP contribution in [0.5, 0.6) is 5.75 Å². The lowest BCUT2D eigenvalue weighted by atomic mass is 10.1. The molecule has 0 aliphatic rings. The first kappa shape index (κ1) is 19.3. The van der Waals surface area contributed by atoms with E-state index in [1.807, 2.05) is 6.92 Å². The first-order chi connectivity index (χ1) is 14.6. The summed E-state index contributed by atoms with van der Waals surface area (Å²) in [5.74, 6) is 0.785. The molecule has 4 rings (SSSR count). The number of nitrogens with zero attached hydrogens (tertiary/aromatic N) is 2. The summed E-state index contributed by atoms with van der Waals surface area (Å²) in [6, 6.07) is 19.9. The molecule has 0 fully saturated rings. The minimum atomic E-state index is -0.329. The van der Waals surface area contributed by atoms with Gasteiger partial charge < -0.3 is 14.6 Å². The van der Waals surface area contributed by atoms with Crippen LogP contribution in [-0.4, -0.2) is 22.7 Å². The van der Waals surface area contributed by atoms with Gasteiger partial charge in [-0.1, -0.05) is 11.2 Å². The molecule has 0 aliphatic heterocycles. The second-order valence-electron chi connectivity index (χ2n) is 6.42. The molecule has 4 aromatic rings. The molecule has 3 aromatic carbocycles. The van der Waals surface area contributed by atoms with Crippen molar-refractivity contribution in [1.29, 1.82) is 0 Å². The van der Waals surface area contributed by atoms with Crippen LogP contribution >= 0.6 is 0 Å². The highest BCUT2D eigenvalue weighted by molar-refractivity contribution is 6.04. The molecule has 0 saturated carbocycles. The van der Waals surface area contributed by atoms with E-state index in [4.69, 9.17) is 9.26 Å². The van der Waals surface area contributed by atoms with Crippen LogP contribution in [0.2, 0.25) is 0 Å². The van der Waals surface area contributed by atoms with E-state index in [1.54, 1.807) is 60.7 Å². The summed E-state index contributed by atoms with van der Waals surface area (Å²) in [4.78, 5) is 16.8. The van der Waals surface area contributed by atoms with Crippen molar-refractivity contribution in [2.75, 3.05) is 11.9 Å². The number of rotatable bonds is 6. The number of anilines is 1. The lowest BCUT2D eigenvalue weighted by molar-refractivity contribution is 0.102. The highest BCUT2D eigenvalue weighted by atomic mass is 19.1. The van der Waals surface area contributed by atoms with Crippen molar-refractivity contribution in [2.24, 2.45) is 0 Å². The fourth-order valence-corrected chi connectivity index (χ4v) is 2.85. The summed E-state index contributed by atoms with van der Waals surface area (Å²) in [7, 11) is 0. The van der Waals surface area contributed by atoms with Gasteiger partial charge in [-0.15, -0.1) is 0 Å². The standard InChI is InChI=1S/C23H18FN3O3/c1-2-29-20-5-3-4-17(14-20)22(28)25-19-12-8-16(9-13-19)23-26-21(27-30-23)15-6-10-18(24)11-7-15/h3-14H,2H2,1H3,(H,25,28). The maximum atomic E-state index is 13.1. The second kappa shape index (κ2) is 8.57. The highest BCUT2D eigenvalue weighted by Crippen LogP contribution is 2.24. The number of hydrogen-bond acceptors (Lipinski definition) is 5. The van der Waals surface area contributed by atoms with Crippen LogP contribution in [0.4, 0.5) is 10.1 Å². The number of halogens is 1. The van der Waals surface area contributed by atoms with Crippen molar-refractivity contribution < 1.29 is 18.4 Å². The van der Waals surface area contributed by atoms with Crippen molar-refractivity contribution in [3.63, 3.8) is 0 Å². The molecular formula is C23H18FN3O3. The SMILES string of the molecule is CCOc1cccc(C(=O)Nc2ccc(-c3nc(-c4ccc(F)cc4)no3)cc2)c1. The zero-order chi connectivity index (χ0) is 20.9. The van der Waals surface area contributed by atoms with Crippen molar-refractivity contribution in [2.45, 2.75) is 6.92 Å². The van der Waals surface area contributed by atoms with Gasteiger partial charge in [0.1, 0.15) is 11.6 Å². The summed E-state index contributed by atoms with van der Waals surface area (Å²) in [6.07, 6.45) is 0. The quantitative estimate of drug-likeness (QED) is 0.479. The third-order valence-corrected chi connectivity index (χ3v) is 4.33. The smallest absolute Gasteiger partial charge is 0.258 e. The number of nitrogens with one attached hydrogen (secondary N) is 1. The number of aromatic nitrogens is 2. The molecule has 6 nitrogen and oxygen atoms in total. The summed E-state index contributed by atoms with van der Waals surface area (Å²) in [5, 5.41) is 6.78. The molecular weight excluding hydrogens is 385 g/mol. The zero-order valence-corrected chi connectivity index (χ0v) is 16.1. The van der Waals surface area contributed by atoms with E-state index in [1.165, 1.54) is 12.1 Å². The van der Waals surface area contributed by atoms with E-state index in [2.05, 4.69) is 15.5 Å². The van der Waals surface area contributed by atoms with Crippen LogP contribution in [0.25, 0.3) is 22.8 Å². The molecule has 1 amide bonds. The van der Waals surface area contributed by atoms with Gasteiger partial charge in [0.2, 0.25) is 5.82 Å². The van der Waals surface area contributed by atoms with Crippen LogP contribution in [0.3, 0.4) is 0 Å². The van der Waals surface area contributed by atoms with Crippen molar-refractivity contribution in [3.8, 4) is 28.6 Å². The van der Waals surface area contributed by atoms with Gasteiger partial charge in [-0.2, -0.15) is 4.98 Å². The molecule has 1 aromatic heterocycles. The van der Waals surface area contributed by atoms with E-state index >= 15 is 0 Å². The fourth-order valence-electron chi connectivity index (χ4n) is 2.85. The number of carbonyl (C=O) groups is 1. The Hall–Kier alpha value is -4.00. The maximum Gasteiger partial charge on any atom is 0.258 e. The highest BCUT2D eigenvalue weighted by Gasteiger charge is 2.12. The Labute approximate surface area is 172 Å². The topological polar surface area (TPSA) is 77.2 Å². The van der Waals surface area contributed by atoms with E-state index < -0.39 is 0 Å². The Morgan fingerprint density at radius 1 is 1.03 bits per heavy atom. The van der Waals surface area contributed by atoms with Crippen LogP contribution in [-0.2, 0) is 0 Å². The molecule has 1 heterocycles. The molecule has 1 N–H and O–H groups in total. The molecule has 7 heteroatoms. The van der Waals surface area contributed by atoms with Gasteiger partial charge in [0, 0.05) is 22.4 Å². The Kier molecular flexibility index (Phi) is 5.52. The van der Waals surface area contributed by atoms with Crippen molar-refractivity contribution >= 4 is 11.6 Å². The molecule has 0 atom stereocenters. The van der Waals surface area contributed by atoms with E-state index in [0.717, 1.165) is 0 Å². The predicted octanol–water partition coefficient (Wildman–Crippen LogP) is 5.19. The van der Waals surface area contributed by atoms with Gasteiger partial charge in [-0.3, -0.25) is 4.79 Å². The zero-order valence-electron chi connectivity index (χ0n) is 16.1. The molecule has 0 aliphatic carbocycles. The number of benzene rings is 3. The van der Waals surface area contributed by atoms with Crippen molar-refractivity contribution in [3.05, 3.63) is 84.2 Å². The minimum absolute atomic E-state index is 0.235. The molecule has 0 unspecified atom stereocenters. The Balaban J connectivity index is 1.46. The Bertz CT molecular complexity index is 1160. The van der Waals surface area contributed by atoms with Gasteiger partial charge in [-0.25, -0.2) is 4.39 Å². The summed E-state index contributed by atoms with van der Waals surface area (Å²) in [5.41, 5.74) is 2.49. The van der Waals surface area contributed by atoms with Gasteiger partial charge in [-0.05, 0) is 73.7 Å². The largest absolute Gasteiger partial charge is 0.494 e. The molecule has 0 spiro atoms. The van der Waals surface area contributed by atoms with Crippen LogP contribution in [0.1, 0.15) is 17.3 Å². The summed E-state index contributed by atoms with van der Waals surface area (Å²) < 4.78 is 23.8. The first-order valence-electron chi connectivity index (χ1n) is 9.36. The lowest BCUT2D eigenvalue weighted by Gasteiger charge is -2.08. The fraction of sp³-hybridized carbons (Fsp3) is 0.0870. The van der Waals surface area contributed by atoms with Gasteiger partial charge in [0.25, 0.3) is 11.8 Å². The molecule has 0 bridgehead atoms.